The van der Waals surface area contributed by atoms with Crippen LogP contribution in [0.4, 0.5) is 4.79 Å². The smallest absolute Gasteiger partial charge is 0.315 e. The van der Waals surface area contributed by atoms with E-state index in [-0.39, 0.29) is 12.1 Å². The van der Waals surface area contributed by atoms with Gasteiger partial charge >= 0.3 is 6.03 Å². The first-order valence-electron chi connectivity index (χ1n) is 9.49. The summed E-state index contributed by atoms with van der Waals surface area (Å²) in [7, 11) is 2.18. The van der Waals surface area contributed by atoms with Crippen LogP contribution < -0.4 is 15.4 Å². The van der Waals surface area contributed by atoms with Crippen LogP contribution >= 0.6 is 15.9 Å². The number of carbonyl (C=O) groups excluding carboxylic acids is 1. The summed E-state index contributed by atoms with van der Waals surface area (Å²) in [6, 6.07) is 5.84. The molecule has 0 saturated carbocycles. The van der Waals surface area contributed by atoms with Gasteiger partial charge in [0.1, 0.15) is 5.75 Å². The maximum Gasteiger partial charge on any atom is 0.315 e. The van der Waals surface area contributed by atoms with Crippen LogP contribution in [0, 0.1) is 0 Å². The summed E-state index contributed by atoms with van der Waals surface area (Å²) in [4.78, 5) is 17.1. The summed E-state index contributed by atoms with van der Waals surface area (Å²) >= 11 is 3.49. The van der Waals surface area contributed by atoms with Gasteiger partial charge in [0.2, 0.25) is 0 Å². The first-order valence-corrected chi connectivity index (χ1v) is 10.3. The number of piperazine rings is 1. The van der Waals surface area contributed by atoms with Gasteiger partial charge in [0, 0.05) is 49.2 Å². The van der Waals surface area contributed by atoms with E-state index in [1.807, 2.05) is 18.2 Å². The molecule has 2 N–H and O–H groups in total. The van der Waals surface area contributed by atoms with E-state index in [0.29, 0.717) is 13.2 Å². The van der Waals surface area contributed by atoms with Crippen molar-refractivity contribution in [2.45, 2.75) is 25.3 Å². The molecule has 0 radical (unpaired) electrons. The molecule has 144 valence electrons. The molecule has 3 rings (SSSR count). The Balaban J connectivity index is 1.34. The lowest BCUT2D eigenvalue weighted by molar-refractivity contribution is 0.152. The van der Waals surface area contributed by atoms with Gasteiger partial charge in [-0.2, -0.15) is 0 Å². The van der Waals surface area contributed by atoms with E-state index >= 15 is 0 Å². The number of carbonyl (C=O) groups is 1. The number of amides is 2. The predicted octanol–water partition coefficient (Wildman–Crippen LogP) is 2.60. The fraction of sp³-hybridized carbons (Fsp3) is 0.632. The molecule has 0 aromatic heterocycles. The van der Waals surface area contributed by atoms with Crippen LogP contribution in [-0.2, 0) is 0 Å². The molecule has 0 spiro atoms. The summed E-state index contributed by atoms with van der Waals surface area (Å²) in [5.74, 6) is 0.858. The molecular weight excluding hydrogens is 396 g/mol. The number of benzene rings is 1. The Morgan fingerprint density at radius 1 is 1.27 bits per heavy atom. The fourth-order valence-corrected chi connectivity index (χ4v) is 3.84. The van der Waals surface area contributed by atoms with Gasteiger partial charge < -0.3 is 25.2 Å². The second-order valence-corrected chi connectivity index (χ2v) is 8.04. The number of hydrogen-bond donors (Lipinski definition) is 2. The number of likely N-dealkylation sites (N-methyl/N-ethyl adjacent to an activating group) is 1. The number of nitrogens with zero attached hydrogens (tertiary/aromatic N) is 2. The molecule has 2 aliphatic rings. The maximum absolute atomic E-state index is 12.2. The van der Waals surface area contributed by atoms with Crippen molar-refractivity contribution in [3.63, 3.8) is 0 Å². The van der Waals surface area contributed by atoms with Crippen LogP contribution in [0.25, 0.3) is 0 Å². The Hall–Kier alpha value is -1.31. The van der Waals surface area contributed by atoms with Crippen molar-refractivity contribution in [3.05, 3.63) is 28.2 Å². The second-order valence-electron chi connectivity index (χ2n) is 7.12. The molecule has 2 heterocycles. The first kappa shape index (κ1) is 19.5. The van der Waals surface area contributed by atoms with E-state index in [1.165, 1.54) is 0 Å². The lowest BCUT2D eigenvalue weighted by Gasteiger charge is -2.32. The summed E-state index contributed by atoms with van der Waals surface area (Å²) < 4.78 is 6.67. The van der Waals surface area contributed by atoms with Crippen molar-refractivity contribution in [2.24, 2.45) is 0 Å². The molecule has 1 aromatic carbocycles. The SMILES string of the molecule is CN1CCN(CCCCNC(=O)NC2CCOc3ccc(Br)cc32)CC1. The molecule has 1 saturated heterocycles. The van der Waals surface area contributed by atoms with Gasteiger partial charge in [0.15, 0.2) is 0 Å². The topological polar surface area (TPSA) is 56.8 Å². The molecule has 6 nitrogen and oxygen atoms in total. The van der Waals surface area contributed by atoms with Gasteiger partial charge in [-0.1, -0.05) is 15.9 Å². The third kappa shape index (κ3) is 5.59. The maximum atomic E-state index is 12.2. The Morgan fingerprint density at radius 3 is 2.88 bits per heavy atom. The number of rotatable bonds is 6. The van der Waals surface area contributed by atoms with Gasteiger partial charge in [-0.05, 0) is 44.6 Å². The average molecular weight is 425 g/mol. The summed E-state index contributed by atoms with van der Waals surface area (Å²) in [5.41, 5.74) is 1.04. The summed E-state index contributed by atoms with van der Waals surface area (Å²) in [5, 5.41) is 6.07. The normalized spacial score (nSPS) is 20.9. The first-order chi connectivity index (χ1) is 12.6. The standard InChI is InChI=1S/C19H29BrN4O2/c1-23-9-11-24(12-10-23)8-3-2-7-21-19(25)22-17-6-13-26-18-5-4-15(20)14-16(17)18/h4-5,14,17H,2-3,6-13H2,1H3,(H2,21,22,25). The number of urea groups is 1. The Bertz CT molecular complexity index is 605. The van der Waals surface area contributed by atoms with Crippen LogP contribution in [0.1, 0.15) is 30.9 Å². The Morgan fingerprint density at radius 2 is 2.08 bits per heavy atom. The van der Waals surface area contributed by atoms with Crippen molar-refractivity contribution in [1.29, 1.82) is 0 Å². The molecule has 1 unspecified atom stereocenters. The van der Waals surface area contributed by atoms with Gasteiger partial charge in [-0.15, -0.1) is 0 Å². The lowest BCUT2D eigenvalue weighted by Crippen LogP contribution is -2.44. The molecule has 26 heavy (non-hydrogen) atoms. The van der Waals surface area contributed by atoms with E-state index in [2.05, 4.69) is 43.4 Å². The van der Waals surface area contributed by atoms with Crippen LogP contribution in [0.5, 0.6) is 5.75 Å². The zero-order valence-corrected chi connectivity index (χ0v) is 17.1. The number of nitrogens with one attached hydrogen (secondary N) is 2. The van der Waals surface area contributed by atoms with E-state index in [1.54, 1.807) is 0 Å². The average Bonchev–Trinajstić information content (AvgIpc) is 2.63. The number of fused-ring (bicyclic) bond motifs is 1. The van der Waals surface area contributed by atoms with Gasteiger partial charge in [0.05, 0.1) is 12.6 Å². The minimum Gasteiger partial charge on any atom is -0.493 e. The number of halogens is 1. The van der Waals surface area contributed by atoms with Gasteiger partial charge in [-0.3, -0.25) is 0 Å². The highest BCUT2D eigenvalue weighted by Gasteiger charge is 2.23. The zero-order chi connectivity index (χ0) is 18.4. The van der Waals surface area contributed by atoms with E-state index < -0.39 is 0 Å². The molecule has 0 bridgehead atoms. The lowest BCUT2D eigenvalue weighted by atomic mass is 10.0. The molecule has 1 aromatic rings. The van der Waals surface area contributed by atoms with E-state index in [0.717, 1.165) is 67.8 Å². The number of ether oxygens (including phenoxy) is 1. The van der Waals surface area contributed by atoms with Crippen LogP contribution in [0.2, 0.25) is 0 Å². The highest BCUT2D eigenvalue weighted by molar-refractivity contribution is 9.10. The predicted molar refractivity (Wildman–Crippen MR) is 107 cm³/mol. The third-order valence-corrected chi connectivity index (χ3v) is 5.59. The molecule has 0 aliphatic carbocycles. The van der Waals surface area contributed by atoms with Gasteiger partial charge in [0.25, 0.3) is 0 Å². The van der Waals surface area contributed by atoms with Crippen LogP contribution in [-0.4, -0.2) is 68.8 Å². The van der Waals surface area contributed by atoms with E-state index in [9.17, 15) is 4.79 Å². The largest absolute Gasteiger partial charge is 0.493 e. The molecule has 2 amide bonds. The Labute approximate surface area is 164 Å². The third-order valence-electron chi connectivity index (χ3n) is 5.10. The molecular formula is C19H29BrN4O2. The highest BCUT2D eigenvalue weighted by Crippen LogP contribution is 2.33. The van der Waals surface area contributed by atoms with Crippen molar-refractivity contribution >= 4 is 22.0 Å². The quantitative estimate of drug-likeness (QED) is 0.689. The van der Waals surface area contributed by atoms with Crippen molar-refractivity contribution in [2.75, 3.05) is 52.9 Å². The summed E-state index contributed by atoms with van der Waals surface area (Å²) in [6.45, 7) is 7.09. The second kappa shape index (κ2) is 9.58. The Kier molecular flexibility index (Phi) is 7.16. The van der Waals surface area contributed by atoms with Crippen LogP contribution in [0.3, 0.4) is 0 Å². The number of unbranched alkanes of at least 4 members (excludes halogenated alkanes) is 1. The van der Waals surface area contributed by atoms with Crippen molar-refractivity contribution in [1.82, 2.24) is 20.4 Å². The fourth-order valence-electron chi connectivity index (χ4n) is 3.46. The zero-order valence-electron chi connectivity index (χ0n) is 15.5. The van der Waals surface area contributed by atoms with E-state index in [4.69, 9.17) is 4.74 Å². The minimum absolute atomic E-state index is 0.00147. The highest BCUT2D eigenvalue weighted by atomic mass is 79.9. The molecule has 1 atom stereocenters. The molecule has 1 fully saturated rings. The van der Waals surface area contributed by atoms with Gasteiger partial charge in [-0.25, -0.2) is 4.79 Å². The minimum atomic E-state index is -0.0950. The monoisotopic (exact) mass is 424 g/mol. The van der Waals surface area contributed by atoms with Crippen molar-refractivity contribution in [3.8, 4) is 5.75 Å². The number of hydrogen-bond acceptors (Lipinski definition) is 4. The summed E-state index contributed by atoms with van der Waals surface area (Å²) in [6.07, 6.45) is 2.92. The van der Waals surface area contributed by atoms with Crippen LogP contribution in [0.15, 0.2) is 22.7 Å². The molecule has 2 aliphatic heterocycles. The van der Waals surface area contributed by atoms with Crippen molar-refractivity contribution < 1.29 is 9.53 Å². The molecule has 7 heteroatoms.